The fourth-order valence-electron chi connectivity index (χ4n) is 3.91. The normalized spacial score (nSPS) is 17.9. The maximum atomic E-state index is 12.9. The standard InChI is InChI=1S/C21H24F3N5O/c22-21(23,24)17-6-4-5-16(15-17)19(30)28-13-11-27(12-14-28)18-7-8-25-20(26-18)29-9-2-1-3-10-29/h4-8,15H,1-3,9-14H2. The lowest BCUT2D eigenvalue weighted by molar-refractivity contribution is -0.137. The minimum absolute atomic E-state index is 0.0627. The molecule has 1 amide bonds. The first-order valence-electron chi connectivity index (χ1n) is 10.2. The smallest absolute Gasteiger partial charge is 0.353 e. The van der Waals surface area contributed by atoms with Crippen LogP contribution < -0.4 is 9.80 Å². The molecule has 4 rings (SSSR count). The summed E-state index contributed by atoms with van der Waals surface area (Å²) in [6.07, 6.45) is 0.812. The Kier molecular flexibility index (Phi) is 5.78. The van der Waals surface area contributed by atoms with Gasteiger partial charge in [0.25, 0.3) is 5.91 Å². The van der Waals surface area contributed by atoms with Gasteiger partial charge in [-0.05, 0) is 43.5 Å². The summed E-state index contributed by atoms with van der Waals surface area (Å²) in [6.45, 7) is 3.92. The third-order valence-corrected chi connectivity index (χ3v) is 5.59. The molecule has 2 aromatic rings. The first-order chi connectivity index (χ1) is 14.4. The highest BCUT2D eigenvalue weighted by atomic mass is 19.4. The highest BCUT2D eigenvalue weighted by Gasteiger charge is 2.32. The molecule has 2 aliphatic heterocycles. The molecule has 30 heavy (non-hydrogen) atoms. The lowest BCUT2D eigenvalue weighted by Gasteiger charge is -2.36. The van der Waals surface area contributed by atoms with Gasteiger partial charge in [0.05, 0.1) is 5.56 Å². The zero-order valence-electron chi connectivity index (χ0n) is 16.6. The highest BCUT2D eigenvalue weighted by molar-refractivity contribution is 5.94. The Hall–Kier alpha value is -2.84. The van der Waals surface area contributed by atoms with Gasteiger partial charge < -0.3 is 14.7 Å². The van der Waals surface area contributed by atoms with Crippen LogP contribution in [0.25, 0.3) is 0 Å². The fourth-order valence-corrected chi connectivity index (χ4v) is 3.91. The molecule has 9 heteroatoms. The molecule has 0 radical (unpaired) electrons. The molecule has 0 aliphatic carbocycles. The predicted octanol–water partition coefficient (Wildman–Crippen LogP) is 3.45. The van der Waals surface area contributed by atoms with Gasteiger partial charge in [-0.2, -0.15) is 18.2 Å². The zero-order chi connectivity index (χ0) is 21.1. The monoisotopic (exact) mass is 419 g/mol. The van der Waals surface area contributed by atoms with Gasteiger partial charge in [-0.1, -0.05) is 6.07 Å². The van der Waals surface area contributed by atoms with E-state index in [1.165, 1.54) is 18.6 Å². The molecule has 2 fully saturated rings. The second-order valence-electron chi connectivity index (χ2n) is 7.62. The van der Waals surface area contributed by atoms with Gasteiger partial charge in [0.2, 0.25) is 5.95 Å². The summed E-state index contributed by atoms with van der Waals surface area (Å²) < 4.78 is 38.8. The van der Waals surface area contributed by atoms with E-state index in [9.17, 15) is 18.0 Å². The van der Waals surface area contributed by atoms with Gasteiger partial charge >= 0.3 is 6.18 Å². The van der Waals surface area contributed by atoms with Crippen molar-refractivity contribution in [1.29, 1.82) is 0 Å². The van der Waals surface area contributed by atoms with Crippen molar-refractivity contribution in [3.05, 3.63) is 47.7 Å². The summed E-state index contributed by atoms with van der Waals surface area (Å²) >= 11 is 0. The lowest BCUT2D eigenvalue weighted by Crippen LogP contribution is -2.49. The van der Waals surface area contributed by atoms with Crippen LogP contribution >= 0.6 is 0 Å². The minimum atomic E-state index is -4.46. The molecule has 0 N–H and O–H groups in total. The van der Waals surface area contributed by atoms with E-state index in [1.807, 2.05) is 6.07 Å². The van der Waals surface area contributed by atoms with Gasteiger partial charge in [-0.3, -0.25) is 4.79 Å². The van der Waals surface area contributed by atoms with Crippen molar-refractivity contribution in [3.63, 3.8) is 0 Å². The molecule has 0 bridgehead atoms. The first kappa shape index (κ1) is 20.4. The van der Waals surface area contributed by atoms with E-state index in [4.69, 9.17) is 4.98 Å². The van der Waals surface area contributed by atoms with E-state index < -0.39 is 11.7 Å². The molecular weight excluding hydrogens is 395 g/mol. The molecule has 2 aliphatic rings. The quantitative estimate of drug-likeness (QED) is 0.763. The summed E-state index contributed by atoms with van der Waals surface area (Å²) in [5, 5.41) is 0. The number of carbonyl (C=O) groups is 1. The van der Waals surface area contributed by atoms with Crippen molar-refractivity contribution >= 4 is 17.7 Å². The van der Waals surface area contributed by atoms with Crippen molar-refractivity contribution in [3.8, 4) is 0 Å². The summed E-state index contributed by atoms with van der Waals surface area (Å²) in [6, 6.07) is 6.46. The second kappa shape index (κ2) is 8.49. The average Bonchev–Trinajstić information content (AvgIpc) is 2.79. The molecule has 160 valence electrons. The van der Waals surface area contributed by atoms with Crippen molar-refractivity contribution in [2.45, 2.75) is 25.4 Å². The summed E-state index contributed by atoms with van der Waals surface area (Å²) in [4.78, 5) is 27.7. The largest absolute Gasteiger partial charge is 0.416 e. The Labute approximate surface area is 173 Å². The number of benzene rings is 1. The van der Waals surface area contributed by atoms with Crippen molar-refractivity contribution in [2.75, 3.05) is 49.1 Å². The maximum absolute atomic E-state index is 12.9. The molecule has 6 nitrogen and oxygen atoms in total. The van der Waals surface area contributed by atoms with Crippen LogP contribution in [0.3, 0.4) is 0 Å². The Morgan fingerprint density at radius 1 is 0.900 bits per heavy atom. The average molecular weight is 419 g/mol. The molecule has 1 aromatic carbocycles. The molecule has 0 saturated carbocycles. The minimum Gasteiger partial charge on any atom is -0.353 e. The van der Waals surface area contributed by atoms with Crippen LogP contribution in [0.5, 0.6) is 0 Å². The van der Waals surface area contributed by atoms with Gasteiger partial charge in [-0.15, -0.1) is 0 Å². The van der Waals surface area contributed by atoms with Crippen molar-refractivity contribution in [2.24, 2.45) is 0 Å². The molecule has 0 unspecified atom stereocenters. The molecule has 2 saturated heterocycles. The Balaban J connectivity index is 1.40. The van der Waals surface area contributed by atoms with Crippen LogP contribution in [0.2, 0.25) is 0 Å². The SMILES string of the molecule is O=C(c1cccc(C(F)(F)F)c1)N1CCN(c2ccnc(N3CCCCC3)n2)CC1. The van der Waals surface area contributed by atoms with E-state index in [-0.39, 0.29) is 11.5 Å². The van der Waals surface area contributed by atoms with Crippen LogP contribution in [0.15, 0.2) is 36.5 Å². The Morgan fingerprint density at radius 3 is 2.33 bits per heavy atom. The Bertz CT molecular complexity index is 890. The number of rotatable bonds is 3. The fraction of sp³-hybridized carbons (Fsp3) is 0.476. The van der Waals surface area contributed by atoms with Crippen LogP contribution in [-0.2, 0) is 6.18 Å². The van der Waals surface area contributed by atoms with Gasteiger partial charge in [0.1, 0.15) is 5.82 Å². The van der Waals surface area contributed by atoms with Gasteiger partial charge in [-0.25, -0.2) is 4.98 Å². The van der Waals surface area contributed by atoms with Crippen LogP contribution in [0.1, 0.15) is 35.2 Å². The number of carbonyl (C=O) groups excluding carboxylic acids is 1. The lowest BCUT2D eigenvalue weighted by atomic mass is 10.1. The Morgan fingerprint density at radius 2 is 1.63 bits per heavy atom. The number of anilines is 2. The van der Waals surface area contributed by atoms with E-state index in [2.05, 4.69) is 14.8 Å². The summed E-state index contributed by atoms with van der Waals surface area (Å²) in [5.74, 6) is 1.17. The number of piperazine rings is 1. The number of aromatic nitrogens is 2. The van der Waals surface area contributed by atoms with E-state index in [0.29, 0.717) is 26.2 Å². The maximum Gasteiger partial charge on any atom is 0.416 e. The molecular formula is C21H24F3N5O. The van der Waals surface area contributed by atoms with Crippen molar-refractivity contribution < 1.29 is 18.0 Å². The summed E-state index contributed by atoms with van der Waals surface area (Å²) in [7, 11) is 0. The van der Waals surface area contributed by atoms with Gasteiger partial charge in [0.15, 0.2) is 0 Å². The van der Waals surface area contributed by atoms with E-state index >= 15 is 0 Å². The van der Waals surface area contributed by atoms with E-state index in [0.717, 1.165) is 49.8 Å². The first-order valence-corrected chi connectivity index (χ1v) is 10.2. The van der Waals surface area contributed by atoms with Crippen LogP contribution in [0.4, 0.5) is 24.9 Å². The number of hydrogen-bond donors (Lipinski definition) is 0. The second-order valence-corrected chi connectivity index (χ2v) is 7.62. The number of nitrogens with zero attached hydrogens (tertiary/aromatic N) is 5. The molecule has 0 atom stereocenters. The summed E-state index contributed by atoms with van der Waals surface area (Å²) in [5.41, 5.74) is -0.745. The third kappa shape index (κ3) is 4.49. The number of halogens is 3. The number of hydrogen-bond acceptors (Lipinski definition) is 5. The number of amides is 1. The number of alkyl halides is 3. The topological polar surface area (TPSA) is 52.6 Å². The molecule has 1 aromatic heterocycles. The third-order valence-electron chi connectivity index (χ3n) is 5.59. The van der Waals surface area contributed by atoms with Crippen LogP contribution in [-0.4, -0.2) is 60.0 Å². The van der Waals surface area contributed by atoms with E-state index in [1.54, 1.807) is 11.1 Å². The predicted molar refractivity (Wildman–Crippen MR) is 108 cm³/mol. The zero-order valence-corrected chi connectivity index (χ0v) is 16.6. The number of piperidine rings is 1. The molecule has 0 spiro atoms. The van der Waals surface area contributed by atoms with Crippen molar-refractivity contribution in [1.82, 2.24) is 14.9 Å². The highest BCUT2D eigenvalue weighted by Crippen LogP contribution is 2.30. The van der Waals surface area contributed by atoms with Gasteiger partial charge in [0, 0.05) is 51.0 Å². The van der Waals surface area contributed by atoms with Crippen LogP contribution in [0, 0.1) is 0 Å². The molecule has 3 heterocycles.